The van der Waals surface area contributed by atoms with E-state index in [-0.39, 0.29) is 26.4 Å². The molecule has 6 heteroatoms. The second kappa shape index (κ2) is 74.7. The molecule has 0 saturated carbocycles. The molecule has 0 atom stereocenters. The highest BCUT2D eigenvalue weighted by Crippen LogP contribution is 1.91. The number of aliphatic hydroxyl groups excluding tert-OH is 4. The van der Waals surface area contributed by atoms with Crippen molar-refractivity contribution >= 4 is 0 Å². The van der Waals surface area contributed by atoms with Gasteiger partial charge in [-0.3, -0.25) is 0 Å². The molecule has 0 radical (unpaired) electrons. The number of hydrogen-bond donors (Lipinski definition) is 4. The molecule has 0 saturated heterocycles. The Morgan fingerprint density at radius 3 is 1.00 bits per heavy atom. The number of methoxy groups -OCH3 is 1. The summed E-state index contributed by atoms with van der Waals surface area (Å²) in [7, 11) is 3.25. The number of unbranched alkanes of at least 4 members (excludes halogenated alkanes) is 2. The van der Waals surface area contributed by atoms with Crippen molar-refractivity contribution < 1.29 is 29.9 Å². The molecule has 26 heavy (non-hydrogen) atoms. The maximum atomic E-state index is 7.62. The summed E-state index contributed by atoms with van der Waals surface area (Å²) in [5.41, 5.74) is 0. The molecule has 164 valence electrons. The van der Waals surface area contributed by atoms with Gasteiger partial charge in [-0.1, -0.05) is 38.8 Å². The average molecular weight is 385 g/mol. The van der Waals surface area contributed by atoms with Gasteiger partial charge in [0.1, 0.15) is 0 Å². The third kappa shape index (κ3) is 219. The number of allylic oxidation sites excluding steroid dienone is 2. The van der Waals surface area contributed by atoms with Gasteiger partial charge in [0, 0.05) is 27.4 Å². The molecule has 0 bridgehead atoms. The van der Waals surface area contributed by atoms with Gasteiger partial charge in [-0.25, -0.2) is 0 Å². The highest BCUT2D eigenvalue weighted by molar-refractivity contribution is 4.52. The maximum Gasteiger partial charge on any atom is 0.0662 e. The molecule has 6 nitrogen and oxygen atoms in total. The van der Waals surface area contributed by atoms with Crippen LogP contribution in [0.15, 0.2) is 25.3 Å². The van der Waals surface area contributed by atoms with Gasteiger partial charge in [-0.05, 0) is 26.7 Å². The summed E-state index contributed by atoms with van der Waals surface area (Å²) in [4.78, 5) is 0. The first-order valence-electron chi connectivity index (χ1n) is 9.04. The average Bonchev–Trinajstić information content (AvgIpc) is 2.64. The SMILES string of the molecule is C=CC.C=CC.CCCCOCCCC.COC.OCCO.OCCO. The summed E-state index contributed by atoms with van der Waals surface area (Å²) in [5, 5.41) is 30.5. The summed E-state index contributed by atoms with van der Waals surface area (Å²) in [6, 6.07) is 0. The molecule has 0 aromatic rings. The fraction of sp³-hybridized carbons (Fsp3) is 0.800. The summed E-state index contributed by atoms with van der Waals surface area (Å²) >= 11 is 0. The molecule has 0 aromatic carbocycles. The first-order valence-corrected chi connectivity index (χ1v) is 9.04. The molecule has 0 unspecified atom stereocenters. The molecule has 0 heterocycles. The van der Waals surface area contributed by atoms with Gasteiger partial charge in [0.15, 0.2) is 0 Å². The summed E-state index contributed by atoms with van der Waals surface area (Å²) in [6.45, 7) is 16.3. The van der Waals surface area contributed by atoms with Crippen molar-refractivity contribution in [3.8, 4) is 0 Å². The minimum absolute atomic E-state index is 0.125. The molecule has 0 spiro atoms. The van der Waals surface area contributed by atoms with Crippen LogP contribution >= 0.6 is 0 Å². The van der Waals surface area contributed by atoms with Crippen molar-refractivity contribution in [3.63, 3.8) is 0 Å². The molecule has 0 rings (SSSR count). The highest BCUT2D eigenvalue weighted by Gasteiger charge is 1.84. The molecule has 0 aliphatic carbocycles. The van der Waals surface area contributed by atoms with Crippen LogP contribution in [-0.2, 0) is 9.47 Å². The quantitative estimate of drug-likeness (QED) is 0.379. The molecular formula is C20H48O6. The van der Waals surface area contributed by atoms with Gasteiger partial charge in [0.05, 0.1) is 26.4 Å². The lowest BCUT2D eigenvalue weighted by molar-refractivity contribution is 0.128. The zero-order valence-electron chi connectivity index (χ0n) is 18.2. The van der Waals surface area contributed by atoms with Gasteiger partial charge in [-0.2, -0.15) is 0 Å². The lowest BCUT2D eigenvalue weighted by atomic mass is 10.3. The van der Waals surface area contributed by atoms with Crippen molar-refractivity contribution in [1.29, 1.82) is 0 Å². The maximum absolute atomic E-state index is 7.62. The van der Waals surface area contributed by atoms with Gasteiger partial charge in [0.2, 0.25) is 0 Å². The molecule has 0 aliphatic rings. The van der Waals surface area contributed by atoms with Crippen LogP contribution in [0.2, 0.25) is 0 Å². The summed E-state index contributed by atoms with van der Waals surface area (Å²) in [6.07, 6.45) is 8.41. The van der Waals surface area contributed by atoms with Crippen molar-refractivity contribution in [2.24, 2.45) is 0 Å². The van der Waals surface area contributed by atoms with Crippen LogP contribution in [-0.4, -0.2) is 74.3 Å². The smallest absolute Gasteiger partial charge is 0.0662 e. The lowest BCUT2D eigenvalue weighted by Gasteiger charge is -1.99. The summed E-state index contributed by atoms with van der Waals surface area (Å²) in [5.74, 6) is 0. The van der Waals surface area contributed by atoms with Crippen LogP contribution < -0.4 is 0 Å². The standard InChI is InChI=1S/C8H18O.2C3H6.2C2H6O2.C2H6O/c1-3-5-7-9-8-6-4-2;2*1-3-2;2*3-1-2-4;1-3-2/h3-8H2,1-2H3;2*3H,1H2,2H3;2*3-4H,1-2H2;1-2H3. The molecule has 0 amide bonds. The zero-order valence-corrected chi connectivity index (χ0v) is 18.2. The van der Waals surface area contributed by atoms with Crippen molar-refractivity contribution in [2.75, 3.05) is 53.9 Å². The monoisotopic (exact) mass is 384 g/mol. The Labute approximate surface area is 163 Å². The topological polar surface area (TPSA) is 99.4 Å². The number of aliphatic hydroxyl groups is 4. The molecule has 0 aromatic heterocycles. The van der Waals surface area contributed by atoms with Crippen molar-refractivity contribution in [1.82, 2.24) is 0 Å². The minimum atomic E-state index is -0.125. The zero-order chi connectivity index (χ0) is 21.9. The Balaban J connectivity index is -0.0000000502. The van der Waals surface area contributed by atoms with Crippen LogP contribution in [0.1, 0.15) is 53.4 Å². The van der Waals surface area contributed by atoms with E-state index in [0.717, 1.165) is 13.2 Å². The molecular weight excluding hydrogens is 336 g/mol. The second-order valence-corrected chi connectivity index (χ2v) is 4.44. The second-order valence-electron chi connectivity index (χ2n) is 4.44. The van der Waals surface area contributed by atoms with Gasteiger partial charge in [-0.15, -0.1) is 13.2 Å². The Morgan fingerprint density at radius 1 is 0.692 bits per heavy atom. The van der Waals surface area contributed by atoms with E-state index < -0.39 is 0 Å². The van der Waals surface area contributed by atoms with E-state index in [4.69, 9.17) is 25.2 Å². The minimum Gasteiger partial charge on any atom is -0.394 e. The number of ether oxygens (including phenoxy) is 2. The third-order valence-electron chi connectivity index (χ3n) is 1.48. The Morgan fingerprint density at radius 2 is 0.885 bits per heavy atom. The van der Waals surface area contributed by atoms with Crippen LogP contribution in [0.5, 0.6) is 0 Å². The Bertz CT molecular complexity index is 146. The van der Waals surface area contributed by atoms with Gasteiger partial charge >= 0.3 is 0 Å². The number of rotatable bonds is 8. The van der Waals surface area contributed by atoms with E-state index in [9.17, 15) is 0 Å². The van der Waals surface area contributed by atoms with E-state index in [1.54, 1.807) is 26.4 Å². The molecule has 4 N–H and O–H groups in total. The largest absolute Gasteiger partial charge is 0.394 e. The first kappa shape index (κ1) is 40.1. The first-order chi connectivity index (χ1) is 12.5. The van der Waals surface area contributed by atoms with Gasteiger partial charge in [0.25, 0.3) is 0 Å². The van der Waals surface area contributed by atoms with E-state index in [1.807, 2.05) is 13.8 Å². The lowest BCUT2D eigenvalue weighted by Crippen LogP contribution is -1.95. The highest BCUT2D eigenvalue weighted by atomic mass is 16.5. The normalized spacial score (nSPS) is 7.46. The summed E-state index contributed by atoms with van der Waals surface area (Å²) < 4.78 is 9.56. The predicted octanol–water partition coefficient (Wildman–Crippen LogP) is 3.19. The predicted molar refractivity (Wildman–Crippen MR) is 114 cm³/mol. The van der Waals surface area contributed by atoms with E-state index >= 15 is 0 Å². The number of hydrogen-bond acceptors (Lipinski definition) is 6. The van der Waals surface area contributed by atoms with Crippen LogP contribution in [0, 0.1) is 0 Å². The fourth-order valence-corrected chi connectivity index (χ4v) is 0.595. The van der Waals surface area contributed by atoms with E-state index in [1.165, 1.54) is 25.7 Å². The third-order valence-corrected chi connectivity index (χ3v) is 1.48. The van der Waals surface area contributed by atoms with Gasteiger partial charge < -0.3 is 29.9 Å². The fourth-order valence-electron chi connectivity index (χ4n) is 0.595. The molecule has 0 aliphatic heterocycles. The molecule has 0 fully saturated rings. The van der Waals surface area contributed by atoms with E-state index in [2.05, 4.69) is 31.7 Å². The van der Waals surface area contributed by atoms with E-state index in [0.29, 0.717) is 0 Å². The Hall–Kier alpha value is -0.760. The van der Waals surface area contributed by atoms with Crippen LogP contribution in [0.4, 0.5) is 0 Å². The van der Waals surface area contributed by atoms with Crippen molar-refractivity contribution in [3.05, 3.63) is 25.3 Å². The van der Waals surface area contributed by atoms with Crippen LogP contribution in [0.25, 0.3) is 0 Å². The van der Waals surface area contributed by atoms with Crippen LogP contribution in [0.3, 0.4) is 0 Å². The Kier molecular flexibility index (Phi) is 115. The van der Waals surface area contributed by atoms with Crippen molar-refractivity contribution in [2.45, 2.75) is 53.4 Å².